The zero-order chi connectivity index (χ0) is 12.3. The van der Waals surface area contributed by atoms with Crippen molar-refractivity contribution < 1.29 is 4.79 Å². The lowest BCUT2D eigenvalue weighted by Crippen LogP contribution is -2.06. The van der Waals surface area contributed by atoms with E-state index in [2.05, 4.69) is 41.5 Å². The average Bonchev–Trinajstić information content (AvgIpc) is 2.92. The molecule has 0 aliphatic heterocycles. The molecule has 0 unspecified atom stereocenters. The van der Waals surface area contributed by atoms with E-state index in [4.69, 9.17) is 0 Å². The van der Waals surface area contributed by atoms with Crippen LogP contribution >= 0.6 is 15.9 Å². The van der Waals surface area contributed by atoms with Gasteiger partial charge in [0.2, 0.25) is 5.78 Å². The van der Waals surface area contributed by atoms with Crippen molar-refractivity contribution in [3.05, 3.63) is 33.9 Å². The second-order valence-electron chi connectivity index (χ2n) is 3.80. The third kappa shape index (κ3) is 1.12. The Morgan fingerprint density at radius 2 is 2.06 bits per heavy atom. The smallest absolute Gasteiger partial charge is 0.287 e. The topological polar surface area (TPSA) is 85.9 Å². The maximum Gasteiger partial charge on any atom is 0.291 e. The second-order valence-corrected chi connectivity index (χ2v) is 4.71. The number of aromatic nitrogens is 6. The van der Waals surface area contributed by atoms with E-state index in [0.29, 0.717) is 11.3 Å². The number of rotatable bonds is 0. The van der Waals surface area contributed by atoms with Crippen molar-refractivity contribution in [2.24, 2.45) is 0 Å². The summed E-state index contributed by atoms with van der Waals surface area (Å²) in [7, 11) is 0. The molecule has 4 rings (SSSR count). The molecule has 0 N–H and O–H groups in total. The summed E-state index contributed by atoms with van der Waals surface area (Å²) in [6.07, 6.45) is 0. The number of carbonyl (C=O) groups excluding carboxylic acids is 1. The maximum absolute atomic E-state index is 12.2. The maximum atomic E-state index is 12.2. The van der Waals surface area contributed by atoms with Crippen LogP contribution in [0.1, 0.15) is 16.1 Å². The molecule has 0 bridgehead atoms. The molecule has 0 fully saturated rings. The van der Waals surface area contributed by atoms with Gasteiger partial charge in [0.05, 0.1) is 0 Å². The van der Waals surface area contributed by atoms with Crippen molar-refractivity contribution in [1.82, 2.24) is 30.2 Å². The van der Waals surface area contributed by atoms with Crippen LogP contribution in [0.5, 0.6) is 0 Å². The number of fused-ring (bicyclic) bond motifs is 4. The fraction of sp³-hybridized carbons (Fsp3) is 0. The molecule has 2 aromatic heterocycles. The van der Waals surface area contributed by atoms with Gasteiger partial charge in [0.1, 0.15) is 5.69 Å². The van der Waals surface area contributed by atoms with Gasteiger partial charge in [0.15, 0.2) is 5.69 Å². The Hall–Kier alpha value is -2.22. The number of halogens is 1. The number of carbonyl (C=O) groups is 1. The van der Waals surface area contributed by atoms with Gasteiger partial charge in [-0.3, -0.25) is 4.79 Å². The highest BCUT2D eigenvalue weighted by molar-refractivity contribution is 9.10. The van der Waals surface area contributed by atoms with Crippen LogP contribution in [-0.4, -0.2) is 36.0 Å². The van der Waals surface area contributed by atoms with Gasteiger partial charge >= 0.3 is 0 Å². The van der Waals surface area contributed by atoms with Crippen LogP contribution in [0.25, 0.3) is 17.0 Å². The Labute approximate surface area is 108 Å². The molecule has 1 aliphatic rings. The molecule has 2 heterocycles. The van der Waals surface area contributed by atoms with Crippen LogP contribution in [0.2, 0.25) is 0 Å². The Morgan fingerprint density at radius 3 is 2.94 bits per heavy atom. The van der Waals surface area contributed by atoms with Gasteiger partial charge in [-0.05, 0) is 22.6 Å². The molecule has 7 nitrogen and oxygen atoms in total. The summed E-state index contributed by atoms with van der Waals surface area (Å²) in [6.45, 7) is 0. The lowest BCUT2D eigenvalue weighted by atomic mass is 10.1. The lowest BCUT2D eigenvalue weighted by molar-refractivity contribution is 0.103. The summed E-state index contributed by atoms with van der Waals surface area (Å²) in [5.41, 5.74) is 2.16. The molecule has 0 saturated carbocycles. The van der Waals surface area contributed by atoms with Crippen molar-refractivity contribution >= 4 is 27.5 Å². The van der Waals surface area contributed by atoms with Crippen molar-refractivity contribution in [3.8, 4) is 11.3 Å². The SMILES string of the molecule is O=C1c2cc(Br)ccc2-c2nc3nnnn3nc21. The summed E-state index contributed by atoms with van der Waals surface area (Å²) in [6, 6.07) is 5.45. The first kappa shape index (κ1) is 9.77. The Kier molecular flexibility index (Phi) is 1.72. The van der Waals surface area contributed by atoms with Gasteiger partial charge in [-0.2, -0.15) is 0 Å². The molecule has 0 atom stereocenters. The summed E-state index contributed by atoms with van der Waals surface area (Å²) in [4.78, 5) is 16.5. The highest BCUT2D eigenvalue weighted by atomic mass is 79.9. The molecular weight excluding hydrogens is 300 g/mol. The first-order valence-electron chi connectivity index (χ1n) is 5.05. The standard InChI is InChI=1S/C10H3BrN6O/c11-4-1-2-5-6(3-4)9(18)8-7(5)12-10-13-15-16-17(10)14-8/h1-3H. The summed E-state index contributed by atoms with van der Waals surface area (Å²) in [5, 5.41) is 14.9. The summed E-state index contributed by atoms with van der Waals surface area (Å²) >= 11 is 3.34. The number of tetrazole rings is 1. The molecule has 0 radical (unpaired) electrons. The van der Waals surface area contributed by atoms with Crippen molar-refractivity contribution in [1.29, 1.82) is 0 Å². The van der Waals surface area contributed by atoms with Gasteiger partial charge in [-0.1, -0.05) is 31.7 Å². The zero-order valence-electron chi connectivity index (χ0n) is 8.70. The van der Waals surface area contributed by atoms with E-state index in [-0.39, 0.29) is 17.3 Å². The minimum atomic E-state index is -0.161. The Balaban J connectivity index is 2.12. The van der Waals surface area contributed by atoms with Gasteiger partial charge in [-0.15, -0.1) is 5.10 Å². The third-order valence-electron chi connectivity index (χ3n) is 2.77. The van der Waals surface area contributed by atoms with Gasteiger partial charge in [0.25, 0.3) is 5.78 Å². The number of benzene rings is 1. The minimum Gasteiger partial charge on any atom is -0.287 e. The average molecular weight is 303 g/mol. The number of nitrogens with zero attached hydrogens (tertiary/aromatic N) is 6. The van der Waals surface area contributed by atoms with Crippen LogP contribution in [0.15, 0.2) is 22.7 Å². The van der Waals surface area contributed by atoms with Gasteiger partial charge in [0, 0.05) is 15.6 Å². The molecule has 86 valence electrons. The van der Waals surface area contributed by atoms with Crippen LogP contribution in [0, 0.1) is 0 Å². The van der Waals surface area contributed by atoms with Crippen molar-refractivity contribution in [2.75, 3.05) is 0 Å². The summed E-state index contributed by atoms with van der Waals surface area (Å²) in [5.74, 6) is 0.114. The summed E-state index contributed by atoms with van der Waals surface area (Å²) < 4.78 is 1.99. The van der Waals surface area contributed by atoms with Crippen LogP contribution in [0.3, 0.4) is 0 Å². The van der Waals surface area contributed by atoms with E-state index in [1.165, 1.54) is 0 Å². The van der Waals surface area contributed by atoms with Gasteiger partial charge < -0.3 is 0 Å². The highest BCUT2D eigenvalue weighted by Gasteiger charge is 2.31. The van der Waals surface area contributed by atoms with Crippen molar-refractivity contribution in [3.63, 3.8) is 0 Å². The monoisotopic (exact) mass is 302 g/mol. The molecular formula is C10H3BrN6O. The van der Waals surface area contributed by atoms with Crippen LogP contribution in [-0.2, 0) is 0 Å². The van der Waals surface area contributed by atoms with Crippen LogP contribution in [0.4, 0.5) is 0 Å². The van der Waals surface area contributed by atoms with E-state index >= 15 is 0 Å². The quantitative estimate of drug-likeness (QED) is 0.479. The van der Waals surface area contributed by atoms with Crippen molar-refractivity contribution in [2.45, 2.75) is 0 Å². The fourth-order valence-electron chi connectivity index (χ4n) is 1.98. The lowest BCUT2D eigenvalue weighted by Gasteiger charge is -1.97. The van der Waals surface area contributed by atoms with Crippen LogP contribution < -0.4 is 0 Å². The van der Waals surface area contributed by atoms with E-state index in [1.807, 2.05) is 12.1 Å². The largest absolute Gasteiger partial charge is 0.291 e. The predicted molar refractivity (Wildman–Crippen MR) is 62.9 cm³/mol. The Morgan fingerprint density at radius 1 is 1.17 bits per heavy atom. The fourth-order valence-corrected chi connectivity index (χ4v) is 2.34. The zero-order valence-corrected chi connectivity index (χ0v) is 10.3. The molecule has 0 saturated heterocycles. The Bertz CT molecular complexity index is 826. The van der Waals surface area contributed by atoms with E-state index in [0.717, 1.165) is 14.7 Å². The normalized spacial score (nSPS) is 12.8. The first-order valence-corrected chi connectivity index (χ1v) is 5.84. The van der Waals surface area contributed by atoms with E-state index in [1.54, 1.807) is 6.07 Å². The van der Waals surface area contributed by atoms with E-state index < -0.39 is 0 Å². The molecule has 0 amide bonds. The minimum absolute atomic E-state index is 0.161. The first-order chi connectivity index (χ1) is 8.74. The molecule has 1 aliphatic carbocycles. The highest BCUT2D eigenvalue weighted by Crippen LogP contribution is 2.35. The number of ketones is 1. The van der Waals surface area contributed by atoms with E-state index in [9.17, 15) is 4.79 Å². The molecule has 8 heteroatoms. The second kappa shape index (κ2) is 3.16. The molecule has 0 spiro atoms. The molecule has 1 aromatic carbocycles. The predicted octanol–water partition coefficient (Wildman–Crippen LogP) is 0.888. The molecule has 3 aromatic rings. The number of hydrogen-bond acceptors (Lipinski definition) is 6. The third-order valence-corrected chi connectivity index (χ3v) is 3.26. The van der Waals surface area contributed by atoms with Gasteiger partial charge in [-0.25, -0.2) is 4.98 Å². The number of hydrogen-bond donors (Lipinski definition) is 0. The molecule has 18 heavy (non-hydrogen) atoms.